The lowest BCUT2D eigenvalue weighted by atomic mass is 10.3. The van der Waals surface area contributed by atoms with Gasteiger partial charge in [-0.2, -0.15) is 5.10 Å². The van der Waals surface area contributed by atoms with Gasteiger partial charge in [-0.05, 0) is 6.42 Å². The van der Waals surface area contributed by atoms with Crippen molar-refractivity contribution in [1.82, 2.24) is 15.2 Å². The fourth-order valence-corrected chi connectivity index (χ4v) is 0.958. The summed E-state index contributed by atoms with van der Waals surface area (Å²) in [6, 6.07) is 0. The average Bonchev–Trinajstić information content (AvgIpc) is 2.53. The van der Waals surface area contributed by atoms with Crippen molar-refractivity contribution < 1.29 is 9.53 Å². The number of hydrogen-bond acceptors (Lipinski definition) is 4. The van der Waals surface area contributed by atoms with Gasteiger partial charge in [-0.1, -0.05) is 6.92 Å². The van der Waals surface area contributed by atoms with Gasteiger partial charge in [0.1, 0.15) is 12.2 Å². The number of nitrogens with one attached hydrogen (secondary N) is 1. The second-order valence-corrected chi connectivity index (χ2v) is 2.70. The first-order valence-electron chi connectivity index (χ1n) is 4.23. The van der Waals surface area contributed by atoms with Gasteiger partial charge in [-0.15, -0.1) is 0 Å². The molecule has 0 bridgehead atoms. The molecule has 1 N–H and O–H groups in total. The summed E-state index contributed by atoms with van der Waals surface area (Å²) in [5, 5.41) is 6.64. The molecule has 0 spiro atoms. The van der Waals surface area contributed by atoms with Gasteiger partial charge in [0.25, 0.3) is 0 Å². The fourth-order valence-electron chi connectivity index (χ4n) is 0.958. The summed E-state index contributed by atoms with van der Waals surface area (Å²) >= 11 is 0. The lowest BCUT2D eigenvalue weighted by Gasteiger charge is -1.93. The minimum absolute atomic E-state index is 0.160. The molecule has 5 nitrogen and oxygen atoms in total. The zero-order chi connectivity index (χ0) is 9.68. The number of ether oxygens (including phenoxy) is 1. The monoisotopic (exact) mass is 183 g/mol. The third-order valence-corrected chi connectivity index (χ3v) is 1.59. The number of aromatic amines is 1. The number of aromatic nitrogens is 3. The molecule has 0 fully saturated rings. The van der Waals surface area contributed by atoms with Crippen molar-refractivity contribution in [2.24, 2.45) is 0 Å². The van der Waals surface area contributed by atoms with E-state index < -0.39 is 0 Å². The molecule has 0 saturated carbocycles. The molecule has 5 heteroatoms. The van der Waals surface area contributed by atoms with Crippen LogP contribution in [0.1, 0.15) is 25.0 Å². The van der Waals surface area contributed by atoms with Crippen molar-refractivity contribution in [2.75, 3.05) is 7.11 Å². The molecule has 0 aliphatic heterocycles. The Kier molecular flexibility index (Phi) is 3.42. The second kappa shape index (κ2) is 4.59. The van der Waals surface area contributed by atoms with E-state index in [4.69, 9.17) is 0 Å². The number of aryl methyl sites for hydroxylation is 1. The SMILES string of the molecule is CCCc1n[nH]c(CC(=O)OC)n1. The maximum absolute atomic E-state index is 10.8. The Morgan fingerprint density at radius 1 is 1.62 bits per heavy atom. The first-order chi connectivity index (χ1) is 6.26. The molecule has 0 atom stereocenters. The maximum Gasteiger partial charge on any atom is 0.313 e. The van der Waals surface area contributed by atoms with Gasteiger partial charge in [0.05, 0.1) is 7.11 Å². The van der Waals surface area contributed by atoms with Crippen LogP contribution in [0.2, 0.25) is 0 Å². The van der Waals surface area contributed by atoms with Crippen LogP contribution in [0.4, 0.5) is 0 Å². The molecule has 1 aromatic rings. The molecule has 0 aromatic carbocycles. The zero-order valence-electron chi connectivity index (χ0n) is 7.83. The normalized spacial score (nSPS) is 10.0. The maximum atomic E-state index is 10.8. The molecular weight excluding hydrogens is 170 g/mol. The Morgan fingerprint density at radius 3 is 3.00 bits per heavy atom. The molecule has 0 amide bonds. The molecule has 0 radical (unpaired) electrons. The third kappa shape index (κ3) is 2.85. The summed E-state index contributed by atoms with van der Waals surface area (Å²) < 4.78 is 4.50. The van der Waals surface area contributed by atoms with Crippen LogP contribution < -0.4 is 0 Å². The van der Waals surface area contributed by atoms with Gasteiger partial charge in [0.15, 0.2) is 5.82 Å². The Labute approximate surface area is 76.5 Å². The highest BCUT2D eigenvalue weighted by molar-refractivity contribution is 5.71. The van der Waals surface area contributed by atoms with Crippen LogP contribution in [0.15, 0.2) is 0 Å². The van der Waals surface area contributed by atoms with Crippen LogP contribution in [0.3, 0.4) is 0 Å². The average molecular weight is 183 g/mol. The standard InChI is InChI=1S/C8H13N3O2/c1-3-4-6-9-7(11-10-6)5-8(12)13-2/h3-5H2,1-2H3,(H,9,10,11). The number of esters is 1. The minimum Gasteiger partial charge on any atom is -0.469 e. The molecule has 0 unspecified atom stereocenters. The molecule has 72 valence electrons. The molecule has 1 aromatic heterocycles. The number of hydrogen-bond donors (Lipinski definition) is 1. The summed E-state index contributed by atoms with van der Waals surface area (Å²) in [5.74, 6) is 1.01. The molecule has 0 saturated heterocycles. The first kappa shape index (κ1) is 9.70. The Bertz CT molecular complexity index is 283. The predicted molar refractivity (Wildman–Crippen MR) is 46.1 cm³/mol. The molecule has 0 aliphatic carbocycles. The van der Waals surface area contributed by atoms with Crippen LogP contribution in [0.5, 0.6) is 0 Å². The Morgan fingerprint density at radius 2 is 2.38 bits per heavy atom. The lowest BCUT2D eigenvalue weighted by molar-refractivity contribution is -0.139. The highest BCUT2D eigenvalue weighted by atomic mass is 16.5. The highest BCUT2D eigenvalue weighted by Crippen LogP contribution is 1.97. The van der Waals surface area contributed by atoms with E-state index in [2.05, 4.69) is 26.8 Å². The highest BCUT2D eigenvalue weighted by Gasteiger charge is 2.07. The molecule has 0 aliphatic rings. The van der Waals surface area contributed by atoms with Crippen molar-refractivity contribution in [3.63, 3.8) is 0 Å². The smallest absolute Gasteiger partial charge is 0.313 e. The number of methoxy groups -OCH3 is 1. The van der Waals surface area contributed by atoms with E-state index >= 15 is 0 Å². The molecule has 13 heavy (non-hydrogen) atoms. The van der Waals surface area contributed by atoms with Crippen LogP contribution in [-0.2, 0) is 22.4 Å². The summed E-state index contributed by atoms with van der Waals surface area (Å²) in [6.07, 6.45) is 1.99. The van der Waals surface area contributed by atoms with E-state index in [0.717, 1.165) is 18.7 Å². The predicted octanol–water partition coefficient (Wildman–Crippen LogP) is 0.473. The second-order valence-electron chi connectivity index (χ2n) is 2.70. The Hall–Kier alpha value is -1.39. The van der Waals surface area contributed by atoms with Gasteiger partial charge in [0.2, 0.25) is 0 Å². The van der Waals surface area contributed by atoms with Crippen LogP contribution in [0.25, 0.3) is 0 Å². The number of carbonyl (C=O) groups is 1. The van der Waals surface area contributed by atoms with Gasteiger partial charge >= 0.3 is 5.97 Å². The van der Waals surface area contributed by atoms with E-state index in [1.807, 2.05) is 0 Å². The van der Waals surface area contributed by atoms with E-state index in [1.165, 1.54) is 7.11 Å². The van der Waals surface area contributed by atoms with Crippen molar-refractivity contribution in [3.8, 4) is 0 Å². The molecule has 1 heterocycles. The van der Waals surface area contributed by atoms with Gasteiger partial charge in [-0.25, -0.2) is 4.98 Å². The molecular formula is C8H13N3O2. The van der Waals surface area contributed by atoms with Crippen molar-refractivity contribution in [2.45, 2.75) is 26.2 Å². The largest absolute Gasteiger partial charge is 0.469 e. The zero-order valence-corrected chi connectivity index (χ0v) is 7.83. The fraction of sp³-hybridized carbons (Fsp3) is 0.625. The quantitative estimate of drug-likeness (QED) is 0.689. The van der Waals surface area contributed by atoms with Gasteiger partial charge < -0.3 is 4.74 Å². The number of nitrogens with zero attached hydrogens (tertiary/aromatic N) is 2. The van der Waals surface area contributed by atoms with E-state index in [0.29, 0.717) is 5.82 Å². The first-order valence-corrected chi connectivity index (χ1v) is 4.23. The van der Waals surface area contributed by atoms with Crippen molar-refractivity contribution in [1.29, 1.82) is 0 Å². The van der Waals surface area contributed by atoms with Crippen LogP contribution in [0, 0.1) is 0 Å². The summed E-state index contributed by atoms with van der Waals surface area (Å²) in [6.45, 7) is 2.05. The van der Waals surface area contributed by atoms with Crippen molar-refractivity contribution >= 4 is 5.97 Å². The number of carbonyl (C=O) groups excluding carboxylic acids is 1. The molecule has 1 rings (SSSR count). The van der Waals surface area contributed by atoms with Crippen molar-refractivity contribution in [3.05, 3.63) is 11.6 Å². The van der Waals surface area contributed by atoms with Gasteiger partial charge in [0, 0.05) is 6.42 Å². The van der Waals surface area contributed by atoms with Crippen LogP contribution >= 0.6 is 0 Å². The number of H-pyrrole nitrogens is 1. The van der Waals surface area contributed by atoms with E-state index in [-0.39, 0.29) is 12.4 Å². The minimum atomic E-state index is -0.306. The summed E-state index contributed by atoms with van der Waals surface area (Å²) in [4.78, 5) is 15.0. The van der Waals surface area contributed by atoms with Gasteiger partial charge in [-0.3, -0.25) is 9.89 Å². The summed E-state index contributed by atoms with van der Waals surface area (Å²) in [7, 11) is 1.35. The summed E-state index contributed by atoms with van der Waals surface area (Å²) in [5.41, 5.74) is 0. The van der Waals surface area contributed by atoms with E-state index in [1.54, 1.807) is 0 Å². The van der Waals surface area contributed by atoms with E-state index in [9.17, 15) is 4.79 Å². The lowest BCUT2D eigenvalue weighted by Crippen LogP contribution is -2.05. The number of rotatable bonds is 4. The topological polar surface area (TPSA) is 67.9 Å². The van der Waals surface area contributed by atoms with Crippen LogP contribution in [-0.4, -0.2) is 28.3 Å². The third-order valence-electron chi connectivity index (χ3n) is 1.59. The Balaban J connectivity index is 2.53.